The monoisotopic (exact) mass is 738 g/mol. The zero-order valence-corrected chi connectivity index (χ0v) is 31.9. The predicted molar refractivity (Wildman–Crippen MR) is 188 cm³/mol. The summed E-state index contributed by atoms with van der Waals surface area (Å²) in [7, 11) is 0. The summed E-state index contributed by atoms with van der Waals surface area (Å²) in [5.74, 6) is 2.47. The largest absolute Gasteiger partial charge is 0.396 e. The van der Waals surface area contributed by atoms with Crippen molar-refractivity contribution in [3.05, 3.63) is 11.6 Å². The molecule has 0 spiro atoms. The third-order valence-electron chi connectivity index (χ3n) is 16.0. The van der Waals surface area contributed by atoms with Crippen molar-refractivity contribution in [2.75, 3.05) is 13.2 Å². The second-order valence-electron chi connectivity index (χ2n) is 18.6. The van der Waals surface area contributed by atoms with Gasteiger partial charge >= 0.3 is 0 Å². The Morgan fingerprint density at radius 3 is 2.27 bits per heavy atom. The molecule has 21 unspecified atom stereocenters. The number of ether oxygens (including phenoxy) is 5. The van der Waals surface area contributed by atoms with Crippen molar-refractivity contribution >= 4 is 0 Å². The van der Waals surface area contributed by atoms with Crippen molar-refractivity contribution in [1.82, 2.24) is 0 Å². The summed E-state index contributed by atoms with van der Waals surface area (Å²) in [5.41, 5.74) is 1.80. The van der Waals surface area contributed by atoms with E-state index in [1.54, 1.807) is 0 Å². The highest BCUT2D eigenvalue weighted by atomic mass is 16.8. The highest BCUT2D eigenvalue weighted by molar-refractivity contribution is 5.28. The summed E-state index contributed by atoms with van der Waals surface area (Å²) in [6, 6.07) is 0. The zero-order chi connectivity index (χ0) is 37.5. The summed E-state index contributed by atoms with van der Waals surface area (Å²) in [5, 5.41) is 72.5. The van der Waals surface area contributed by atoms with Crippen LogP contribution >= 0.6 is 0 Å². The van der Waals surface area contributed by atoms with Gasteiger partial charge in [0.15, 0.2) is 12.6 Å². The highest BCUT2D eigenvalue weighted by Gasteiger charge is 2.70. The Hall–Kier alpha value is -0.740. The number of hydrogen-bond acceptors (Lipinski definition) is 12. The lowest BCUT2D eigenvalue weighted by atomic mass is 9.42. The van der Waals surface area contributed by atoms with Crippen molar-refractivity contribution < 1.29 is 59.4 Å². The van der Waals surface area contributed by atoms with E-state index in [4.69, 9.17) is 23.7 Å². The molecule has 52 heavy (non-hydrogen) atoms. The molecule has 0 aromatic heterocycles. The lowest BCUT2D eigenvalue weighted by Gasteiger charge is -2.63. The van der Waals surface area contributed by atoms with Gasteiger partial charge < -0.3 is 59.4 Å². The van der Waals surface area contributed by atoms with Crippen LogP contribution in [0.4, 0.5) is 0 Å². The fourth-order valence-corrected chi connectivity index (χ4v) is 12.5. The van der Waals surface area contributed by atoms with Crippen molar-refractivity contribution in [2.24, 2.45) is 45.8 Å². The van der Waals surface area contributed by atoms with Crippen LogP contribution in [0.3, 0.4) is 0 Å². The molecule has 3 saturated heterocycles. The summed E-state index contributed by atoms with van der Waals surface area (Å²) in [6.45, 7) is 13.3. The van der Waals surface area contributed by atoms with E-state index in [1.165, 1.54) is 25.3 Å². The first kappa shape index (κ1) is 39.5. The van der Waals surface area contributed by atoms with Crippen molar-refractivity contribution in [2.45, 2.75) is 179 Å². The third kappa shape index (κ3) is 6.27. The van der Waals surface area contributed by atoms with Gasteiger partial charge in [-0.15, -0.1) is 0 Å². The summed E-state index contributed by atoms with van der Waals surface area (Å²) in [4.78, 5) is 0. The van der Waals surface area contributed by atoms with Crippen LogP contribution in [0.2, 0.25) is 0 Å². The maximum absolute atomic E-state index is 11.1. The highest BCUT2D eigenvalue weighted by Crippen LogP contribution is 2.74. The molecular formula is C40H66O12. The molecule has 7 N–H and O–H groups in total. The molecular weight excluding hydrogens is 672 g/mol. The SMILES string of the molecule is CC(CO)CCC1OC2CC3(C)C4CC=C5CC(OC6OC(CO)C(O)C(O)C6OC6OC(C)C(O)C(O)C6O)CCC5(C)C4CCC3(C)C2C1C. The van der Waals surface area contributed by atoms with Crippen LogP contribution in [-0.2, 0) is 23.7 Å². The van der Waals surface area contributed by atoms with Gasteiger partial charge in [0.1, 0.15) is 42.7 Å². The van der Waals surface area contributed by atoms with Gasteiger partial charge in [-0.1, -0.05) is 46.3 Å². The molecule has 7 rings (SSSR count). The van der Waals surface area contributed by atoms with Gasteiger partial charge in [-0.25, -0.2) is 0 Å². The standard InChI is InChI=1S/C40H66O12/c1-19(17-41)7-10-26-20(2)29-27(50-26)16-40(6)25-9-8-22-15-23(11-13-38(22,4)24(25)12-14-39(29,40)5)49-37-35(33(46)31(44)28(18-42)51-37)52-36-34(47)32(45)30(43)21(3)48-36/h8,19-21,23-37,41-47H,7,9-18H2,1-6H3. The Bertz CT molecular complexity index is 1300. The van der Waals surface area contributed by atoms with Crippen LogP contribution < -0.4 is 0 Å². The van der Waals surface area contributed by atoms with Crippen LogP contribution in [0, 0.1) is 45.8 Å². The Morgan fingerprint density at radius 2 is 1.56 bits per heavy atom. The zero-order valence-electron chi connectivity index (χ0n) is 31.9. The van der Waals surface area contributed by atoms with E-state index in [2.05, 4.69) is 40.7 Å². The number of aliphatic hydroxyl groups is 7. The number of aliphatic hydroxyl groups excluding tert-OH is 7. The van der Waals surface area contributed by atoms with Gasteiger partial charge in [0.25, 0.3) is 0 Å². The van der Waals surface area contributed by atoms with E-state index in [1.807, 2.05) is 0 Å². The molecule has 298 valence electrons. The molecule has 12 heteroatoms. The average Bonchev–Trinajstić information content (AvgIpc) is 3.56. The van der Waals surface area contributed by atoms with E-state index in [9.17, 15) is 35.7 Å². The molecule has 0 radical (unpaired) electrons. The molecule has 6 fully saturated rings. The minimum atomic E-state index is -1.61. The van der Waals surface area contributed by atoms with E-state index in [-0.39, 0.29) is 35.1 Å². The van der Waals surface area contributed by atoms with Gasteiger partial charge in [-0.05, 0) is 111 Å². The smallest absolute Gasteiger partial charge is 0.187 e. The molecule has 7 aliphatic rings. The van der Waals surface area contributed by atoms with Gasteiger partial charge in [-0.2, -0.15) is 0 Å². The maximum Gasteiger partial charge on any atom is 0.187 e. The fourth-order valence-electron chi connectivity index (χ4n) is 12.5. The lowest BCUT2D eigenvalue weighted by molar-refractivity contribution is -0.369. The Labute approximate surface area is 308 Å². The number of rotatable bonds is 9. The van der Waals surface area contributed by atoms with E-state index >= 15 is 0 Å². The minimum Gasteiger partial charge on any atom is -0.396 e. The second kappa shape index (κ2) is 14.6. The van der Waals surface area contributed by atoms with Crippen molar-refractivity contribution in [3.63, 3.8) is 0 Å². The van der Waals surface area contributed by atoms with Gasteiger partial charge in [0.05, 0.1) is 31.0 Å². The molecule has 0 aromatic rings. The van der Waals surface area contributed by atoms with Gasteiger partial charge in [0, 0.05) is 6.61 Å². The molecule has 3 aliphatic heterocycles. The van der Waals surface area contributed by atoms with Crippen LogP contribution in [-0.4, -0.2) is 129 Å². The first-order valence-electron chi connectivity index (χ1n) is 20.2. The summed E-state index contributed by atoms with van der Waals surface area (Å²) in [6.07, 6.45) is -1.74. The first-order chi connectivity index (χ1) is 24.6. The molecule has 0 amide bonds. The topological polar surface area (TPSA) is 188 Å². The van der Waals surface area contributed by atoms with Crippen molar-refractivity contribution in [3.8, 4) is 0 Å². The van der Waals surface area contributed by atoms with E-state index in [0.717, 1.165) is 38.5 Å². The van der Waals surface area contributed by atoms with Crippen LogP contribution in [0.25, 0.3) is 0 Å². The average molecular weight is 739 g/mol. The van der Waals surface area contributed by atoms with Crippen LogP contribution in [0.1, 0.15) is 99.3 Å². The summed E-state index contributed by atoms with van der Waals surface area (Å²) < 4.78 is 31.0. The lowest BCUT2D eigenvalue weighted by Crippen LogP contribution is -2.64. The molecule has 4 aliphatic carbocycles. The second-order valence-corrected chi connectivity index (χ2v) is 18.6. The van der Waals surface area contributed by atoms with Gasteiger partial charge in [0.2, 0.25) is 0 Å². The summed E-state index contributed by atoms with van der Waals surface area (Å²) >= 11 is 0. The molecule has 21 atom stereocenters. The van der Waals surface area contributed by atoms with E-state index in [0.29, 0.717) is 42.1 Å². The first-order valence-corrected chi connectivity index (χ1v) is 20.2. The van der Waals surface area contributed by atoms with Crippen LogP contribution in [0.15, 0.2) is 11.6 Å². The molecule has 3 heterocycles. The Morgan fingerprint density at radius 1 is 0.808 bits per heavy atom. The predicted octanol–water partition coefficient (Wildman–Crippen LogP) is 2.41. The molecule has 12 nitrogen and oxygen atoms in total. The fraction of sp³-hybridized carbons (Fsp3) is 0.950. The number of fused-ring (bicyclic) bond motifs is 7. The molecule has 0 aromatic carbocycles. The van der Waals surface area contributed by atoms with E-state index < -0.39 is 68.0 Å². The van der Waals surface area contributed by atoms with Gasteiger partial charge in [-0.3, -0.25) is 0 Å². The molecule has 3 saturated carbocycles. The minimum absolute atomic E-state index is 0.0279. The van der Waals surface area contributed by atoms with Crippen molar-refractivity contribution in [1.29, 1.82) is 0 Å². The number of hydrogen-bond donors (Lipinski definition) is 7. The quantitative estimate of drug-likeness (QED) is 0.172. The maximum atomic E-state index is 11.1. The van der Waals surface area contributed by atoms with Crippen LogP contribution in [0.5, 0.6) is 0 Å². The third-order valence-corrected chi connectivity index (χ3v) is 16.0. The Balaban J connectivity index is 1.05. The Kier molecular flexibility index (Phi) is 11.1. The number of allylic oxidation sites excluding steroid dienone is 1. The normalized spacial score (nSPS) is 55.2. The molecule has 0 bridgehead atoms.